The molecule has 4 nitrogen and oxygen atoms in total. The molecule has 0 aliphatic rings. The van der Waals surface area contributed by atoms with E-state index < -0.39 is 0 Å². The van der Waals surface area contributed by atoms with Crippen LogP contribution in [0.3, 0.4) is 0 Å². The van der Waals surface area contributed by atoms with E-state index in [0.29, 0.717) is 16.8 Å². The van der Waals surface area contributed by atoms with E-state index >= 15 is 0 Å². The van der Waals surface area contributed by atoms with Crippen LogP contribution in [-0.4, -0.2) is 30.8 Å². The summed E-state index contributed by atoms with van der Waals surface area (Å²) in [5.74, 6) is -0.283. The van der Waals surface area contributed by atoms with E-state index in [1.165, 1.54) is 4.90 Å². The third-order valence-corrected chi connectivity index (χ3v) is 3.83. The van der Waals surface area contributed by atoms with Crippen LogP contribution >= 0.6 is 22.6 Å². The van der Waals surface area contributed by atoms with Crippen LogP contribution in [-0.2, 0) is 0 Å². The molecule has 5 heteroatoms. The average Bonchev–Trinajstić information content (AvgIpc) is 2.47. The lowest BCUT2D eigenvalue weighted by atomic mass is 10.1. The Hall–Kier alpha value is -1.89. The molecule has 21 heavy (non-hydrogen) atoms. The number of hydrogen-bond donors (Lipinski definition) is 1. The first-order chi connectivity index (χ1) is 9.99. The zero-order valence-electron chi connectivity index (χ0n) is 11.8. The van der Waals surface area contributed by atoms with E-state index in [1.807, 2.05) is 18.2 Å². The van der Waals surface area contributed by atoms with E-state index in [9.17, 15) is 9.59 Å². The molecule has 0 spiro atoms. The van der Waals surface area contributed by atoms with Crippen molar-refractivity contribution >= 4 is 40.1 Å². The van der Waals surface area contributed by atoms with E-state index in [0.717, 1.165) is 3.57 Å². The van der Waals surface area contributed by atoms with Crippen LogP contribution in [0.15, 0.2) is 48.5 Å². The standard InChI is InChI=1S/C16H15IN2O2/c1-19(2)16(21)11-6-5-7-12(10-11)18-15(20)13-8-3-4-9-14(13)17/h3-10H,1-2H3,(H,18,20). The van der Waals surface area contributed by atoms with E-state index in [1.54, 1.807) is 44.4 Å². The second-order valence-electron chi connectivity index (χ2n) is 4.71. The number of nitrogens with zero attached hydrogens (tertiary/aromatic N) is 1. The highest BCUT2D eigenvalue weighted by molar-refractivity contribution is 14.1. The van der Waals surface area contributed by atoms with Gasteiger partial charge in [-0.1, -0.05) is 18.2 Å². The van der Waals surface area contributed by atoms with Crippen molar-refractivity contribution in [2.45, 2.75) is 0 Å². The fraction of sp³-hybridized carbons (Fsp3) is 0.125. The predicted molar refractivity (Wildman–Crippen MR) is 91.6 cm³/mol. The number of nitrogens with one attached hydrogen (secondary N) is 1. The van der Waals surface area contributed by atoms with Crippen LogP contribution in [0.4, 0.5) is 5.69 Å². The Morgan fingerprint density at radius 3 is 2.43 bits per heavy atom. The lowest BCUT2D eigenvalue weighted by Crippen LogP contribution is -2.22. The van der Waals surface area contributed by atoms with Gasteiger partial charge in [0.15, 0.2) is 0 Å². The van der Waals surface area contributed by atoms with Crippen LogP contribution in [0.2, 0.25) is 0 Å². The maximum absolute atomic E-state index is 12.2. The lowest BCUT2D eigenvalue weighted by Gasteiger charge is -2.12. The first-order valence-electron chi connectivity index (χ1n) is 6.36. The van der Waals surface area contributed by atoms with Crippen LogP contribution < -0.4 is 5.32 Å². The molecule has 0 fully saturated rings. The number of carbonyl (C=O) groups excluding carboxylic acids is 2. The minimum absolute atomic E-state index is 0.0969. The van der Waals surface area contributed by atoms with Gasteiger partial charge < -0.3 is 10.2 Å². The van der Waals surface area contributed by atoms with Crippen LogP contribution in [0.5, 0.6) is 0 Å². The van der Waals surface area contributed by atoms with Crippen molar-refractivity contribution in [3.05, 3.63) is 63.2 Å². The zero-order chi connectivity index (χ0) is 15.4. The number of rotatable bonds is 3. The molecule has 2 aromatic carbocycles. The number of hydrogen-bond acceptors (Lipinski definition) is 2. The van der Waals surface area contributed by atoms with Crippen LogP contribution in [0, 0.1) is 3.57 Å². The molecule has 0 atom stereocenters. The summed E-state index contributed by atoms with van der Waals surface area (Å²) in [6.45, 7) is 0. The van der Waals surface area contributed by atoms with Crippen molar-refractivity contribution in [1.82, 2.24) is 4.90 Å². The Labute approximate surface area is 137 Å². The van der Waals surface area contributed by atoms with Gasteiger partial charge in [0.05, 0.1) is 5.56 Å². The SMILES string of the molecule is CN(C)C(=O)c1cccc(NC(=O)c2ccccc2I)c1. The second-order valence-corrected chi connectivity index (χ2v) is 5.88. The van der Waals surface area contributed by atoms with Gasteiger partial charge in [-0.3, -0.25) is 9.59 Å². The molecule has 0 saturated carbocycles. The number of anilines is 1. The maximum Gasteiger partial charge on any atom is 0.256 e. The molecule has 0 radical (unpaired) electrons. The van der Waals surface area contributed by atoms with Gasteiger partial charge in [0.1, 0.15) is 0 Å². The average molecular weight is 394 g/mol. The first kappa shape index (κ1) is 15.5. The molecule has 0 saturated heterocycles. The summed E-state index contributed by atoms with van der Waals surface area (Å²) in [5, 5.41) is 2.82. The van der Waals surface area contributed by atoms with E-state index in [2.05, 4.69) is 27.9 Å². The van der Waals surface area contributed by atoms with Crippen molar-refractivity contribution in [3.63, 3.8) is 0 Å². The largest absolute Gasteiger partial charge is 0.345 e. The van der Waals surface area contributed by atoms with Crippen molar-refractivity contribution in [3.8, 4) is 0 Å². The number of benzene rings is 2. The summed E-state index contributed by atoms with van der Waals surface area (Å²) in [7, 11) is 3.39. The molecule has 0 aliphatic heterocycles. The van der Waals surface area contributed by atoms with Gasteiger partial charge in [0.25, 0.3) is 11.8 Å². The third-order valence-electron chi connectivity index (χ3n) is 2.89. The summed E-state index contributed by atoms with van der Waals surface area (Å²) >= 11 is 2.12. The minimum atomic E-state index is -0.186. The molecule has 108 valence electrons. The topological polar surface area (TPSA) is 49.4 Å². The summed E-state index contributed by atoms with van der Waals surface area (Å²) in [6.07, 6.45) is 0. The van der Waals surface area contributed by atoms with Gasteiger partial charge in [-0.2, -0.15) is 0 Å². The third kappa shape index (κ3) is 3.81. The van der Waals surface area contributed by atoms with Crippen molar-refractivity contribution in [1.29, 1.82) is 0 Å². The molecule has 2 rings (SSSR count). The fourth-order valence-corrected chi connectivity index (χ4v) is 2.46. The molecular formula is C16H15IN2O2. The molecule has 2 aromatic rings. The van der Waals surface area contributed by atoms with Gasteiger partial charge in [0, 0.05) is 28.9 Å². The maximum atomic E-state index is 12.2. The Bertz CT molecular complexity index is 683. The highest BCUT2D eigenvalue weighted by Crippen LogP contribution is 2.16. The van der Waals surface area contributed by atoms with E-state index in [4.69, 9.17) is 0 Å². The molecular weight excluding hydrogens is 379 g/mol. The highest BCUT2D eigenvalue weighted by atomic mass is 127. The molecule has 1 N–H and O–H groups in total. The summed E-state index contributed by atoms with van der Waals surface area (Å²) in [4.78, 5) is 25.7. The number of halogens is 1. The van der Waals surface area contributed by atoms with Gasteiger partial charge in [-0.15, -0.1) is 0 Å². The van der Waals surface area contributed by atoms with Gasteiger partial charge in [-0.25, -0.2) is 0 Å². The highest BCUT2D eigenvalue weighted by Gasteiger charge is 2.12. The second kappa shape index (κ2) is 6.71. The first-order valence-corrected chi connectivity index (χ1v) is 7.44. The Kier molecular flexibility index (Phi) is 4.95. The fourth-order valence-electron chi connectivity index (χ4n) is 1.83. The molecule has 0 heterocycles. The smallest absolute Gasteiger partial charge is 0.256 e. The summed E-state index contributed by atoms with van der Waals surface area (Å²) in [5.41, 5.74) is 1.76. The minimum Gasteiger partial charge on any atom is -0.345 e. The summed E-state index contributed by atoms with van der Waals surface area (Å²) < 4.78 is 0.883. The Morgan fingerprint density at radius 1 is 1.05 bits per heavy atom. The molecule has 0 unspecified atom stereocenters. The quantitative estimate of drug-likeness (QED) is 0.813. The van der Waals surface area contributed by atoms with E-state index in [-0.39, 0.29) is 11.8 Å². The van der Waals surface area contributed by atoms with Crippen molar-refractivity contribution in [2.75, 3.05) is 19.4 Å². The van der Waals surface area contributed by atoms with Gasteiger partial charge in [0.2, 0.25) is 0 Å². The van der Waals surface area contributed by atoms with Crippen molar-refractivity contribution < 1.29 is 9.59 Å². The number of amides is 2. The zero-order valence-corrected chi connectivity index (χ0v) is 13.9. The van der Waals surface area contributed by atoms with Crippen LogP contribution in [0.25, 0.3) is 0 Å². The van der Waals surface area contributed by atoms with Gasteiger partial charge >= 0.3 is 0 Å². The predicted octanol–water partition coefficient (Wildman–Crippen LogP) is 3.25. The normalized spacial score (nSPS) is 10.0. The Morgan fingerprint density at radius 2 is 1.76 bits per heavy atom. The monoisotopic (exact) mass is 394 g/mol. The van der Waals surface area contributed by atoms with Gasteiger partial charge in [-0.05, 0) is 52.9 Å². The Balaban J connectivity index is 2.21. The van der Waals surface area contributed by atoms with Crippen molar-refractivity contribution in [2.24, 2.45) is 0 Å². The summed E-state index contributed by atoms with van der Waals surface area (Å²) in [6, 6.07) is 14.3. The molecule has 0 aliphatic carbocycles. The number of carbonyl (C=O) groups is 2. The van der Waals surface area contributed by atoms with Crippen LogP contribution in [0.1, 0.15) is 20.7 Å². The lowest BCUT2D eigenvalue weighted by molar-refractivity contribution is 0.0827. The molecule has 0 bridgehead atoms. The molecule has 2 amide bonds. The molecule has 0 aromatic heterocycles.